The maximum atomic E-state index is 2.43. The van der Waals surface area contributed by atoms with Crippen molar-refractivity contribution in [3.63, 3.8) is 0 Å². The summed E-state index contributed by atoms with van der Waals surface area (Å²) in [5.41, 5.74) is 0.503. The Morgan fingerprint density at radius 3 is 1.86 bits per heavy atom. The van der Waals surface area contributed by atoms with Crippen LogP contribution < -0.4 is 0 Å². The van der Waals surface area contributed by atoms with Crippen LogP contribution in [0.1, 0.15) is 67.7 Å². The van der Waals surface area contributed by atoms with Crippen molar-refractivity contribution in [2.45, 2.75) is 67.7 Å². The molecule has 0 aromatic rings. The molecule has 0 radical (unpaired) electrons. The SMILES string of the molecule is CCCC(C)CC(C)(C)C(C)C(C)C. The van der Waals surface area contributed by atoms with Crippen molar-refractivity contribution in [3.05, 3.63) is 0 Å². The molecule has 86 valence electrons. The number of hydrogen-bond donors (Lipinski definition) is 0. The summed E-state index contributed by atoms with van der Waals surface area (Å²) in [6, 6.07) is 0. The van der Waals surface area contributed by atoms with E-state index < -0.39 is 0 Å². The average molecular weight is 198 g/mol. The van der Waals surface area contributed by atoms with Crippen LogP contribution in [0.3, 0.4) is 0 Å². The summed E-state index contributed by atoms with van der Waals surface area (Å²) in [6.07, 6.45) is 4.09. The first-order valence-corrected chi connectivity index (χ1v) is 6.31. The minimum Gasteiger partial charge on any atom is -0.0654 e. The normalized spacial score (nSPS) is 17.1. The number of rotatable bonds is 6. The van der Waals surface area contributed by atoms with Gasteiger partial charge in [-0.1, -0.05) is 61.3 Å². The summed E-state index contributed by atoms with van der Waals surface area (Å²) >= 11 is 0. The van der Waals surface area contributed by atoms with Gasteiger partial charge in [0.2, 0.25) is 0 Å². The molecule has 0 rings (SSSR count). The molecule has 0 aliphatic carbocycles. The molecule has 14 heavy (non-hydrogen) atoms. The minimum atomic E-state index is 0.503. The summed E-state index contributed by atoms with van der Waals surface area (Å²) < 4.78 is 0. The quantitative estimate of drug-likeness (QED) is 0.555. The topological polar surface area (TPSA) is 0 Å². The Hall–Kier alpha value is 0. The van der Waals surface area contributed by atoms with E-state index in [9.17, 15) is 0 Å². The monoisotopic (exact) mass is 198 g/mol. The van der Waals surface area contributed by atoms with Crippen LogP contribution >= 0.6 is 0 Å². The highest BCUT2D eigenvalue weighted by molar-refractivity contribution is 4.79. The molecule has 0 N–H and O–H groups in total. The molecule has 0 aromatic heterocycles. The van der Waals surface area contributed by atoms with Crippen LogP contribution in [0.5, 0.6) is 0 Å². The maximum Gasteiger partial charge on any atom is -0.0324 e. The smallest absolute Gasteiger partial charge is 0.0324 e. The molecule has 2 unspecified atom stereocenters. The van der Waals surface area contributed by atoms with E-state index in [2.05, 4.69) is 48.5 Å². The lowest BCUT2D eigenvalue weighted by atomic mass is 9.69. The van der Waals surface area contributed by atoms with Gasteiger partial charge in [-0.3, -0.25) is 0 Å². The summed E-state index contributed by atoms with van der Waals surface area (Å²) in [7, 11) is 0. The van der Waals surface area contributed by atoms with E-state index >= 15 is 0 Å². The molecule has 0 amide bonds. The standard InChI is InChI=1S/C14H30/c1-8-9-12(4)10-14(6,7)13(5)11(2)3/h11-13H,8-10H2,1-7H3. The minimum absolute atomic E-state index is 0.503. The Morgan fingerprint density at radius 1 is 1.00 bits per heavy atom. The third-order valence-corrected chi connectivity index (χ3v) is 3.89. The fraction of sp³-hybridized carbons (Fsp3) is 1.00. The largest absolute Gasteiger partial charge is 0.0654 e. The fourth-order valence-corrected chi connectivity index (χ4v) is 2.58. The summed E-state index contributed by atoms with van der Waals surface area (Å²) in [5.74, 6) is 2.51. The molecule has 0 saturated heterocycles. The first kappa shape index (κ1) is 14.0. The van der Waals surface area contributed by atoms with E-state index in [1.165, 1.54) is 19.3 Å². The molecule has 0 fully saturated rings. The Balaban J connectivity index is 4.17. The maximum absolute atomic E-state index is 2.43. The van der Waals surface area contributed by atoms with Crippen LogP contribution in [0.25, 0.3) is 0 Å². The van der Waals surface area contributed by atoms with Gasteiger partial charge in [-0.05, 0) is 29.6 Å². The molecule has 0 saturated carbocycles. The summed E-state index contributed by atoms with van der Waals surface area (Å²) in [5, 5.41) is 0. The Kier molecular flexibility index (Phi) is 5.78. The van der Waals surface area contributed by atoms with Gasteiger partial charge >= 0.3 is 0 Å². The van der Waals surface area contributed by atoms with E-state index in [0.717, 1.165) is 17.8 Å². The molecule has 0 heterocycles. The van der Waals surface area contributed by atoms with Crippen LogP contribution in [0.4, 0.5) is 0 Å². The Morgan fingerprint density at radius 2 is 1.50 bits per heavy atom. The van der Waals surface area contributed by atoms with Crippen molar-refractivity contribution in [2.24, 2.45) is 23.2 Å². The van der Waals surface area contributed by atoms with Crippen molar-refractivity contribution >= 4 is 0 Å². The number of hydrogen-bond acceptors (Lipinski definition) is 0. The predicted molar refractivity (Wildman–Crippen MR) is 66.5 cm³/mol. The zero-order valence-corrected chi connectivity index (χ0v) is 11.4. The second-order valence-electron chi connectivity index (χ2n) is 6.12. The van der Waals surface area contributed by atoms with E-state index in [0.29, 0.717) is 5.41 Å². The van der Waals surface area contributed by atoms with Gasteiger partial charge in [-0.2, -0.15) is 0 Å². The molecule has 0 heteroatoms. The molecular weight excluding hydrogens is 168 g/mol. The van der Waals surface area contributed by atoms with Crippen LogP contribution in [-0.4, -0.2) is 0 Å². The second kappa shape index (κ2) is 5.78. The van der Waals surface area contributed by atoms with E-state index in [-0.39, 0.29) is 0 Å². The van der Waals surface area contributed by atoms with Crippen molar-refractivity contribution in [3.8, 4) is 0 Å². The van der Waals surface area contributed by atoms with Gasteiger partial charge in [0.15, 0.2) is 0 Å². The van der Waals surface area contributed by atoms with Crippen LogP contribution in [0, 0.1) is 23.2 Å². The van der Waals surface area contributed by atoms with Gasteiger partial charge in [0.25, 0.3) is 0 Å². The van der Waals surface area contributed by atoms with Crippen molar-refractivity contribution < 1.29 is 0 Å². The molecule has 2 atom stereocenters. The summed E-state index contributed by atoms with van der Waals surface area (Å²) in [4.78, 5) is 0. The zero-order valence-electron chi connectivity index (χ0n) is 11.4. The molecule has 0 aliphatic rings. The lowest BCUT2D eigenvalue weighted by molar-refractivity contribution is 0.135. The molecule has 0 aromatic carbocycles. The van der Waals surface area contributed by atoms with E-state index in [1.54, 1.807) is 0 Å². The second-order valence-corrected chi connectivity index (χ2v) is 6.12. The van der Waals surface area contributed by atoms with Gasteiger partial charge in [0.1, 0.15) is 0 Å². The lowest BCUT2D eigenvalue weighted by Gasteiger charge is -2.36. The molecule has 0 aliphatic heterocycles. The zero-order chi connectivity index (χ0) is 11.4. The fourth-order valence-electron chi connectivity index (χ4n) is 2.58. The van der Waals surface area contributed by atoms with Crippen molar-refractivity contribution in [1.29, 1.82) is 0 Å². The van der Waals surface area contributed by atoms with Gasteiger partial charge < -0.3 is 0 Å². The van der Waals surface area contributed by atoms with Gasteiger partial charge in [0.05, 0.1) is 0 Å². The third kappa shape index (κ3) is 4.48. The van der Waals surface area contributed by atoms with Crippen LogP contribution in [-0.2, 0) is 0 Å². The molecule has 0 nitrogen and oxygen atoms in total. The predicted octanol–water partition coefficient (Wildman–Crippen LogP) is 5.13. The van der Waals surface area contributed by atoms with Gasteiger partial charge in [0, 0.05) is 0 Å². The van der Waals surface area contributed by atoms with Gasteiger partial charge in [-0.25, -0.2) is 0 Å². The highest BCUT2D eigenvalue weighted by atomic mass is 14.3. The Bertz CT molecular complexity index is 144. The third-order valence-electron chi connectivity index (χ3n) is 3.89. The highest BCUT2D eigenvalue weighted by Crippen LogP contribution is 2.38. The van der Waals surface area contributed by atoms with Crippen LogP contribution in [0.15, 0.2) is 0 Å². The highest BCUT2D eigenvalue weighted by Gasteiger charge is 2.29. The molecule has 0 spiro atoms. The Labute approximate surface area is 91.5 Å². The van der Waals surface area contributed by atoms with Crippen molar-refractivity contribution in [1.82, 2.24) is 0 Å². The van der Waals surface area contributed by atoms with Crippen molar-refractivity contribution in [2.75, 3.05) is 0 Å². The first-order valence-electron chi connectivity index (χ1n) is 6.31. The molecule has 0 bridgehead atoms. The van der Waals surface area contributed by atoms with Gasteiger partial charge in [-0.15, -0.1) is 0 Å². The lowest BCUT2D eigenvalue weighted by Crippen LogP contribution is -2.27. The van der Waals surface area contributed by atoms with E-state index in [4.69, 9.17) is 0 Å². The first-order chi connectivity index (χ1) is 6.31. The van der Waals surface area contributed by atoms with E-state index in [1.807, 2.05) is 0 Å². The molecular formula is C14H30. The summed E-state index contributed by atoms with van der Waals surface area (Å²) in [6.45, 7) is 16.7. The average Bonchev–Trinajstić information content (AvgIpc) is 2.02. The van der Waals surface area contributed by atoms with Crippen LogP contribution in [0.2, 0.25) is 0 Å².